The summed E-state index contributed by atoms with van der Waals surface area (Å²) in [6.45, 7) is -0.685. The van der Waals surface area contributed by atoms with Crippen LogP contribution in [0.5, 0.6) is 5.75 Å². The van der Waals surface area contributed by atoms with E-state index in [1.807, 2.05) is 6.92 Å². The summed E-state index contributed by atoms with van der Waals surface area (Å²) in [5.74, 6) is -0.704. The summed E-state index contributed by atoms with van der Waals surface area (Å²) < 4.78 is 53.0. The number of benzene rings is 1. The molecular weight excluding hydrogens is 340 g/mol. The highest BCUT2D eigenvalue weighted by Crippen LogP contribution is 2.26. The SMILES string of the molecule is CCCCN(C(=O)c1ccccc1OC(F)F)C1CCS(=O)(=O)C1. The molecule has 8 heteroatoms. The van der Waals surface area contributed by atoms with Crippen LogP contribution in [0.25, 0.3) is 0 Å². The van der Waals surface area contributed by atoms with Gasteiger partial charge in [0.05, 0.1) is 17.1 Å². The van der Waals surface area contributed by atoms with Gasteiger partial charge >= 0.3 is 6.61 Å². The van der Waals surface area contributed by atoms with Gasteiger partial charge in [-0.05, 0) is 25.0 Å². The van der Waals surface area contributed by atoms with Crippen molar-refractivity contribution in [3.63, 3.8) is 0 Å². The van der Waals surface area contributed by atoms with Crippen LogP contribution in [0.3, 0.4) is 0 Å². The van der Waals surface area contributed by atoms with Crippen molar-refractivity contribution < 1.29 is 26.7 Å². The fourth-order valence-electron chi connectivity index (χ4n) is 2.80. The molecule has 134 valence electrons. The predicted octanol–water partition coefficient (Wildman–Crippen LogP) is 2.72. The second-order valence-electron chi connectivity index (χ2n) is 5.78. The number of para-hydroxylation sites is 1. The van der Waals surface area contributed by atoms with Gasteiger partial charge in [0.25, 0.3) is 5.91 Å². The van der Waals surface area contributed by atoms with E-state index in [4.69, 9.17) is 0 Å². The van der Waals surface area contributed by atoms with Gasteiger partial charge in [-0.2, -0.15) is 8.78 Å². The first kappa shape index (κ1) is 18.6. The molecule has 1 aromatic carbocycles. The Labute approximate surface area is 140 Å². The molecular formula is C16H21F2NO4S. The Hall–Kier alpha value is -1.70. The summed E-state index contributed by atoms with van der Waals surface area (Å²) in [7, 11) is -3.16. The third kappa shape index (κ3) is 4.66. The number of sulfone groups is 1. The van der Waals surface area contributed by atoms with Gasteiger partial charge in [0.15, 0.2) is 9.84 Å². The molecule has 1 heterocycles. The zero-order valence-corrected chi connectivity index (χ0v) is 14.3. The summed E-state index contributed by atoms with van der Waals surface area (Å²) in [5, 5.41) is 0. The Morgan fingerprint density at radius 3 is 2.67 bits per heavy atom. The minimum Gasteiger partial charge on any atom is -0.434 e. The lowest BCUT2D eigenvalue weighted by molar-refractivity contribution is -0.0503. The number of hydrogen-bond acceptors (Lipinski definition) is 4. The highest BCUT2D eigenvalue weighted by Gasteiger charge is 2.35. The summed E-state index contributed by atoms with van der Waals surface area (Å²) in [6, 6.07) is 5.37. The zero-order chi connectivity index (χ0) is 17.7. The largest absolute Gasteiger partial charge is 0.434 e. The van der Waals surface area contributed by atoms with Crippen molar-refractivity contribution in [3.8, 4) is 5.75 Å². The number of amides is 1. The van der Waals surface area contributed by atoms with Gasteiger partial charge in [-0.1, -0.05) is 25.5 Å². The lowest BCUT2D eigenvalue weighted by atomic mass is 10.1. The predicted molar refractivity (Wildman–Crippen MR) is 86.1 cm³/mol. The molecule has 1 aliphatic rings. The van der Waals surface area contributed by atoms with E-state index in [1.165, 1.54) is 23.1 Å². The number of ether oxygens (including phenoxy) is 1. The lowest BCUT2D eigenvalue weighted by Gasteiger charge is -2.29. The topological polar surface area (TPSA) is 63.7 Å². The van der Waals surface area contributed by atoms with Crippen LogP contribution >= 0.6 is 0 Å². The Morgan fingerprint density at radius 2 is 2.08 bits per heavy atom. The smallest absolute Gasteiger partial charge is 0.387 e. The Kier molecular flexibility index (Phi) is 6.15. The van der Waals surface area contributed by atoms with Crippen molar-refractivity contribution >= 4 is 15.7 Å². The van der Waals surface area contributed by atoms with Crippen LogP contribution in [0.15, 0.2) is 24.3 Å². The average Bonchev–Trinajstić information content (AvgIpc) is 2.87. The van der Waals surface area contributed by atoms with E-state index in [9.17, 15) is 22.0 Å². The molecule has 0 radical (unpaired) electrons. The van der Waals surface area contributed by atoms with Crippen LogP contribution in [-0.4, -0.2) is 49.9 Å². The van der Waals surface area contributed by atoms with Crippen molar-refractivity contribution in [1.29, 1.82) is 0 Å². The molecule has 0 aromatic heterocycles. The van der Waals surface area contributed by atoms with Crippen LogP contribution in [0.2, 0.25) is 0 Å². The summed E-state index contributed by atoms with van der Waals surface area (Å²) in [4.78, 5) is 14.3. The molecule has 24 heavy (non-hydrogen) atoms. The first-order chi connectivity index (χ1) is 11.3. The number of rotatable bonds is 7. The van der Waals surface area contributed by atoms with Gasteiger partial charge in [-0.3, -0.25) is 4.79 Å². The van der Waals surface area contributed by atoms with Crippen molar-refractivity contribution in [2.75, 3.05) is 18.1 Å². The standard InChI is InChI=1S/C16H21F2NO4S/c1-2-3-9-19(12-8-10-24(21,22)11-12)15(20)13-6-4-5-7-14(13)23-16(17)18/h4-7,12,16H,2-3,8-11H2,1H3. The summed E-state index contributed by atoms with van der Waals surface area (Å²) in [6.07, 6.45) is 1.91. The van der Waals surface area contributed by atoms with Crippen molar-refractivity contribution in [1.82, 2.24) is 4.90 Å². The van der Waals surface area contributed by atoms with E-state index in [2.05, 4.69) is 4.74 Å². The normalized spacial score (nSPS) is 19.4. The van der Waals surface area contributed by atoms with Gasteiger partial charge in [-0.25, -0.2) is 8.42 Å². The number of carbonyl (C=O) groups excluding carboxylic acids is 1. The zero-order valence-electron chi connectivity index (χ0n) is 13.5. The van der Waals surface area contributed by atoms with Gasteiger partial charge in [0.1, 0.15) is 5.75 Å². The molecule has 0 spiro atoms. The molecule has 2 rings (SSSR count). The third-order valence-corrected chi connectivity index (χ3v) is 5.75. The van der Waals surface area contributed by atoms with Gasteiger partial charge in [0, 0.05) is 12.6 Å². The average molecular weight is 361 g/mol. The van der Waals surface area contributed by atoms with Gasteiger partial charge in [0.2, 0.25) is 0 Å². The molecule has 1 unspecified atom stereocenters. The third-order valence-electron chi connectivity index (χ3n) is 4.00. The Morgan fingerprint density at radius 1 is 1.38 bits per heavy atom. The van der Waals surface area contributed by atoms with Crippen LogP contribution in [0.4, 0.5) is 8.78 Å². The van der Waals surface area contributed by atoms with Crippen LogP contribution < -0.4 is 4.74 Å². The minimum atomic E-state index is -3.16. The number of alkyl halides is 2. The fourth-order valence-corrected chi connectivity index (χ4v) is 4.53. The van der Waals surface area contributed by atoms with Crippen LogP contribution in [-0.2, 0) is 9.84 Å². The molecule has 0 N–H and O–H groups in total. The van der Waals surface area contributed by atoms with E-state index >= 15 is 0 Å². The first-order valence-corrected chi connectivity index (χ1v) is 9.71. The second-order valence-corrected chi connectivity index (χ2v) is 8.01. The van der Waals surface area contributed by atoms with Crippen molar-refractivity contribution in [2.45, 2.75) is 38.8 Å². The Balaban J connectivity index is 2.28. The maximum absolute atomic E-state index is 12.9. The van der Waals surface area contributed by atoms with Crippen molar-refractivity contribution in [3.05, 3.63) is 29.8 Å². The summed E-state index contributed by atoms with van der Waals surface area (Å²) >= 11 is 0. The number of hydrogen-bond donors (Lipinski definition) is 0. The van der Waals surface area contributed by atoms with E-state index in [0.717, 1.165) is 6.42 Å². The molecule has 5 nitrogen and oxygen atoms in total. The van der Waals surface area contributed by atoms with E-state index < -0.39 is 28.4 Å². The number of halogens is 2. The number of carbonyl (C=O) groups is 1. The Bertz CT molecular complexity index is 678. The highest BCUT2D eigenvalue weighted by molar-refractivity contribution is 7.91. The van der Waals surface area contributed by atoms with Gasteiger partial charge in [-0.15, -0.1) is 0 Å². The monoisotopic (exact) mass is 361 g/mol. The maximum Gasteiger partial charge on any atom is 0.387 e. The fraction of sp³-hybridized carbons (Fsp3) is 0.562. The molecule has 0 saturated carbocycles. The molecule has 1 atom stereocenters. The maximum atomic E-state index is 12.9. The van der Waals surface area contributed by atoms with E-state index in [1.54, 1.807) is 6.07 Å². The molecule has 1 amide bonds. The quantitative estimate of drug-likeness (QED) is 0.749. The van der Waals surface area contributed by atoms with Crippen LogP contribution in [0, 0.1) is 0 Å². The van der Waals surface area contributed by atoms with Crippen molar-refractivity contribution in [2.24, 2.45) is 0 Å². The number of nitrogens with zero attached hydrogens (tertiary/aromatic N) is 1. The molecule has 0 bridgehead atoms. The second kappa shape index (κ2) is 7.92. The molecule has 1 aliphatic heterocycles. The number of unbranched alkanes of at least 4 members (excludes halogenated alkanes) is 1. The van der Waals surface area contributed by atoms with Crippen LogP contribution in [0.1, 0.15) is 36.5 Å². The molecule has 1 fully saturated rings. The molecule has 1 aromatic rings. The van der Waals surface area contributed by atoms with E-state index in [0.29, 0.717) is 19.4 Å². The highest BCUT2D eigenvalue weighted by atomic mass is 32.2. The minimum absolute atomic E-state index is 0.0261. The lowest BCUT2D eigenvalue weighted by Crippen LogP contribution is -2.42. The van der Waals surface area contributed by atoms with E-state index in [-0.39, 0.29) is 22.8 Å². The molecule has 1 saturated heterocycles. The van der Waals surface area contributed by atoms with Gasteiger partial charge < -0.3 is 9.64 Å². The molecule has 0 aliphatic carbocycles. The summed E-state index contributed by atoms with van der Waals surface area (Å²) in [5.41, 5.74) is 0.0261. The first-order valence-electron chi connectivity index (χ1n) is 7.89.